The summed E-state index contributed by atoms with van der Waals surface area (Å²) in [7, 11) is 0. The summed E-state index contributed by atoms with van der Waals surface area (Å²) in [5.74, 6) is -0.473. The van der Waals surface area contributed by atoms with E-state index in [9.17, 15) is 9.59 Å². The van der Waals surface area contributed by atoms with Gasteiger partial charge in [-0.1, -0.05) is 42.0 Å². The van der Waals surface area contributed by atoms with Crippen molar-refractivity contribution in [1.29, 1.82) is 0 Å². The predicted octanol–water partition coefficient (Wildman–Crippen LogP) is 3.77. The van der Waals surface area contributed by atoms with Crippen molar-refractivity contribution in [2.75, 3.05) is 6.26 Å². The molecule has 0 amide bonds. The lowest BCUT2D eigenvalue weighted by Crippen LogP contribution is -2.02. The van der Waals surface area contributed by atoms with Crippen molar-refractivity contribution >= 4 is 23.8 Å². The molecule has 0 atom stereocenters. The lowest BCUT2D eigenvalue weighted by molar-refractivity contribution is -0.104. The van der Waals surface area contributed by atoms with E-state index in [-0.39, 0.29) is 0 Å². The van der Waals surface area contributed by atoms with Crippen LogP contribution in [0, 0.1) is 6.92 Å². The number of thioether (sulfide) groups is 1. The number of carbonyl (C=O) groups excluding carboxylic acids is 2. The van der Waals surface area contributed by atoms with Gasteiger partial charge < -0.3 is 0 Å². The number of hydrogen-bond acceptors (Lipinski definition) is 3. The number of hydrogen-bond donors (Lipinski definition) is 0. The number of benzene rings is 2. The number of aryl methyl sites for hydroxylation is 1. The molecule has 0 unspecified atom stereocenters. The fourth-order valence-electron chi connectivity index (χ4n) is 2.05. The maximum absolute atomic E-state index is 11.7. The number of carbonyl (C=O) groups is 2. The molecule has 19 heavy (non-hydrogen) atoms. The van der Waals surface area contributed by atoms with E-state index in [2.05, 4.69) is 6.07 Å². The van der Waals surface area contributed by atoms with Crippen LogP contribution in [0.4, 0.5) is 0 Å². The average molecular weight is 270 g/mol. The average Bonchev–Trinajstić information content (AvgIpc) is 2.45. The van der Waals surface area contributed by atoms with E-state index in [1.165, 1.54) is 11.8 Å². The molecule has 0 heterocycles. The molecule has 0 aliphatic heterocycles. The molecule has 0 aliphatic carbocycles. The molecule has 2 nitrogen and oxygen atoms in total. The van der Waals surface area contributed by atoms with E-state index >= 15 is 0 Å². The highest BCUT2D eigenvalue weighted by Gasteiger charge is 2.14. The monoisotopic (exact) mass is 270 g/mol. The fraction of sp³-hybridized carbons (Fsp3) is 0.125. The number of rotatable bonds is 4. The zero-order valence-electron chi connectivity index (χ0n) is 10.8. The molecule has 0 aromatic heterocycles. The molecule has 0 saturated heterocycles. The van der Waals surface area contributed by atoms with E-state index in [4.69, 9.17) is 0 Å². The van der Waals surface area contributed by atoms with Crippen LogP contribution >= 0.6 is 11.8 Å². The number of aldehydes is 1. The highest BCUT2D eigenvalue weighted by Crippen LogP contribution is 2.33. The fourth-order valence-corrected chi connectivity index (χ4v) is 2.85. The Hall–Kier alpha value is -1.87. The summed E-state index contributed by atoms with van der Waals surface area (Å²) in [6.45, 7) is 2.03. The number of Topliss-reactive ketones (excluding diaryl/α,β-unsaturated/α-hetero) is 1. The van der Waals surface area contributed by atoms with Crippen molar-refractivity contribution in [2.24, 2.45) is 0 Å². The van der Waals surface area contributed by atoms with Gasteiger partial charge in [-0.25, -0.2) is 0 Å². The third kappa shape index (κ3) is 2.76. The first-order valence-corrected chi connectivity index (χ1v) is 7.13. The first-order chi connectivity index (χ1) is 9.17. The summed E-state index contributed by atoms with van der Waals surface area (Å²) < 4.78 is 0. The third-order valence-corrected chi connectivity index (χ3v) is 3.77. The van der Waals surface area contributed by atoms with Crippen LogP contribution in [0.2, 0.25) is 0 Å². The van der Waals surface area contributed by atoms with Crippen LogP contribution in [-0.4, -0.2) is 18.3 Å². The Morgan fingerprint density at radius 3 is 2.53 bits per heavy atom. The number of ketones is 1. The summed E-state index contributed by atoms with van der Waals surface area (Å²) in [4.78, 5) is 23.2. The van der Waals surface area contributed by atoms with Crippen molar-refractivity contribution in [3.63, 3.8) is 0 Å². The molecule has 0 N–H and O–H groups in total. The molecule has 0 fully saturated rings. The maximum atomic E-state index is 11.7. The van der Waals surface area contributed by atoms with Gasteiger partial charge in [-0.2, -0.15) is 0 Å². The van der Waals surface area contributed by atoms with Crippen molar-refractivity contribution in [3.05, 3.63) is 53.6 Å². The van der Waals surface area contributed by atoms with Gasteiger partial charge in [0.2, 0.25) is 5.78 Å². The SMILES string of the molecule is CSc1c(C(=O)C=O)cccc1-c1cccc(C)c1. The minimum atomic E-state index is -0.473. The van der Waals surface area contributed by atoms with Crippen LogP contribution in [0.1, 0.15) is 15.9 Å². The van der Waals surface area contributed by atoms with E-state index in [1.807, 2.05) is 43.5 Å². The van der Waals surface area contributed by atoms with Gasteiger partial charge in [0.1, 0.15) is 0 Å². The van der Waals surface area contributed by atoms with Gasteiger partial charge in [0, 0.05) is 10.5 Å². The second kappa shape index (κ2) is 5.85. The predicted molar refractivity (Wildman–Crippen MR) is 78.8 cm³/mol. The lowest BCUT2D eigenvalue weighted by Gasteiger charge is -2.11. The summed E-state index contributed by atoms with van der Waals surface area (Å²) in [5.41, 5.74) is 3.69. The van der Waals surface area contributed by atoms with Crippen molar-refractivity contribution < 1.29 is 9.59 Å². The standard InChI is InChI=1S/C16H14O2S/c1-11-5-3-6-12(9-11)13-7-4-8-14(15(18)10-17)16(13)19-2/h3-10H,1-2H3. The molecule has 2 aromatic rings. The van der Waals surface area contributed by atoms with Gasteiger partial charge in [-0.15, -0.1) is 11.8 Å². The van der Waals surface area contributed by atoms with Crippen LogP contribution < -0.4 is 0 Å². The first kappa shape index (κ1) is 13.6. The largest absolute Gasteiger partial charge is 0.294 e. The molecule has 2 aromatic carbocycles. The highest BCUT2D eigenvalue weighted by atomic mass is 32.2. The minimum absolute atomic E-state index is 0.370. The topological polar surface area (TPSA) is 34.1 Å². The summed E-state index contributed by atoms with van der Waals surface area (Å²) >= 11 is 1.49. The van der Waals surface area contributed by atoms with Crippen LogP contribution in [0.3, 0.4) is 0 Å². The molecule has 0 saturated carbocycles. The summed E-state index contributed by atoms with van der Waals surface area (Å²) in [6, 6.07) is 13.6. The third-order valence-electron chi connectivity index (χ3n) is 2.92. The quantitative estimate of drug-likeness (QED) is 0.367. The second-order valence-electron chi connectivity index (χ2n) is 4.24. The minimum Gasteiger partial charge on any atom is -0.294 e. The van der Waals surface area contributed by atoms with Crippen molar-refractivity contribution in [1.82, 2.24) is 0 Å². The Labute approximate surface area is 116 Å². The Morgan fingerprint density at radius 2 is 1.89 bits per heavy atom. The molecular formula is C16H14O2S. The van der Waals surface area contributed by atoms with E-state index in [0.29, 0.717) is 11.8 Å². The van der Waals surface area contributed by atoms with Gasteiger partial charge in [-0.05, 0) is 30.4 Å². The second-order valence-corrected chi connectivity index (χ2v) is 5.05. The van der Waals surface area contributed by atoms with Gasteiger partial charge in [0.25, 0.3) is 0 Å². The van der Waals surface area contributed by atoms with Crippen LogP contribution in [0.15, 0.2) is 47.4 Å². The van der Waals surface area contributed by atoms with Crippen molar-refractivity contribution in [3.8, 4) is 11.1 Å². The molecular weight excluding hydrogens is 256 g/mol. The Bertz CT molecular complexity index is 632. The van der Waals surface area contributed by atoms with Crippen LogP contribution in [0.25, 0.3) is 11.1 Å². The zero-order chi connectivity index (χ0) is 13.8. The van der Waals surface area contributed by atoms with E-state index in [0.717, 1.165) is 21.6 Å². The lowest BCUT2D eigenvalue weighted by atomic mass is 10.00. The Kier molecular flexibility index (Phi) is 4.17. The normalized spacial score (nSPS) is 10.2. The first-order valence-electron chi connectivity index (χ1n) is 5.91. The van der Waals surface area contributed by atoms with Crippen molar-refractivity contribution in [2.45, 2.75) is 11.8 Å². The van der Waals surface area contributed by atoms with Crippen LogP contribution in [0.5, 0.6) is 0 Å². The molecule has 3 heteroatoms. The van der Waals surface area contributed by atoms with Gasteiger partial charge in [0.05, 0.1) is 0 Å². The molecule has 0 aliphatic rings. The Morgan fingerprint density at radius 1 is 1.16 bits per heavy atom. The molecule has 96 valence electrons. The smallest absolute Gasteiger partial charge is 0.226 e. The summed E-state index contributed by atoms with van der Waals surface area (Å²) in [6.07, 6.45) is 2.28. The van der Waals surface area contributed by atoms with Gasteiger partial charge >= 0.3 is 0 Å². The molecule has 0 bridgehead atoms. The summed E-state index contributed by atoms with van der Waals surface area (Å²) in [5, 5.41) is 0. The molecule has 2 rings (SSSR count). The maximum Gasteiger partial charge on any atom is 0.226 e. The van der Waals surface area contributed by atoms with Gasteiger partial charge in [-0.3, -0.25) is 9.59 Å². The van der Waals surface area contributed by atoms with Crippen LogP contribution in [-0.2, 0) is 4.79 Å². The van der Waals surface area contributed by atoms with Gasteiger partial charge in [0.15, 0.2) is 6.29 Å². The molecule has 0 radical (unpaired) electrons. The Balaban J connectivity index is 2.64. The van der Waals surface area contributed by atoms with E-state index < -0.39 is 5.78 Å². The zero-order valence-corrected chi connectivity index (χ0v) is 11.7. The molecule has 0 spiro atoms. The van der Waals surface area contributed by atoms with E-state index in [1.54, 1.807) is 6.07 Å². The highest BCUT2D eigenvalue weighted by molar-refractivity contribution is 7.98.